The molecule has 0 aliphatic carbocycles. The van der Waals surface area contributed by atoms with E-state index in [4.69, 9.17) is 15.0 Å². The molecule has 0 atom stereocenters. The van der Waals surface area contributed by atoms with Crippen LogP contribution in [0.25, 0.3) is 0 Å². The predicted molar refractivity (Wildman–Crippen MR) is 19.7 cm³/mol. The predicted octanol–water partition coefficient (Wildman–Crippen LogP) is -0.777. The summed E-state index contributed by atoms with van der Waals surface area (Å²) in [5.74, 6) is -1.19. The van der Waals surface area contributed by atoms with E-state index in [2.05, 4.69) is 0 Å². The number of carbonyl (C=O) groups is 1. The third kappa shape index (κ3) is 23.2. The van der Waals surface area contributed by atoms with Crippen LogP contribution in [0.4, 0.5) is 0 Å². The zero-order chi connectivity index (χ0) is 4.28. The Kier molecular flexibility index (Phi) is 21.2. The fourth-order valence-corrected chi connectivity index (χ4v) is 0. The Morgan fingerprint density at radius 2 is 1.71 bits per heavy atom. The van der Waals surface area contributed by atoms with Gasteiger partial charge in [0.25, 0.3) is 0 Å². The van der Waals surface area contributed by atoms with Crippen LogP contribution >= 0.6 is 0 Å². The standard InChI is InChI=1S/C2H4O3.H3N.Ti/c3-1-2(4)5;;/h3H,1H2,(H,4,5);1H3;. The van der Waals surface area contributed by atoms with Gasteiger partial charge in [-0.3, -0.25) is 0 Å². The molecular weight excluding hydrogens is 134 g/mol. The van der Waals surface area contributed by atoms with Gasteiger partial charge < -0.3 is 16.4 Å². The number of hydrogen-bond acceptors (Lipinski definition) is 3. The topological polar surface area (TPSA) is 92.5 Å². The summed E-state index contributed by atoms with van der Waals surface area (Å²) in [4.78, 5) is 9.12. The van der Waals surface area contributed by atoms with Gasteiger partial charge in [-0.15, -0.1) is 0 Å². The van der Waals surface area contributed by atoms with Crippen LogP contribution in [0.5, 0.6) is 0 Å². The van der Waals surface area contributed by atoms with Gasteiger partial charge in [-0.2, -0.15) is 0 Å². The summed E-state index contributed by atoms with van der Waals surface area (Å²) in [7, 11) is 0. The van der Waals surface area contributed by atoms with E-state index >= 15 is 0 Å². The minimum Gasteiger partial charge on any atom is -0.480 e. The molecule has 0 fully saturated rings. The molecule has 0 saturated heterocycles. The van der Waals surface area contributed by atoms with Crippen LogP contribution in [0.3, 0.4) is 0 Å². The molecule has 0 amide bonds. The molecule has 42 valence electrons. The van der Waals surface area contributed by atoms with Crippen molar-refractivity contribution in [3.8, 4) is 0 Å². The first kappa shape index (κ1) is 15.7. The minimum atomic E-state index is -1.19. The van der Waals surface area contributed by atoms with E-state index in [0.717, 1.165) is 0 Å². The van der Waals surface area contributed by atoms with Crippen LogP contribution in [0.15, 0.2) is 0 Å². The van der Waals surface area contributed by atoms with Crippen LogP contribution in [-0.4, -0.2) is 22.8 Å². The molecule has 0 heterocycles. The molecule has 0 aromatic heterocycles. The van der Waals surface area contributed by atoms with Crippen molar-refractivity contribution in [3.05, 3.63) is 0 Å². The zero-order valence-electron chi connectivity index (χ0n) is 3.72. The molecule has 0 unspecified atom stereocenters. The van der Waals surface area contributed by atoms with Gasteiger partial charge in [0.05, 0.1) is 0 Å². The number of carboxylic acids is 1. The van der Waals surface area contributed by atoms with E-state index in [0.29, 0.717) is 0 Å². The molecule has 5 heteroatoms. The molecule has 7 heavy (non-hydrogen) atoms. The van der Waals surface area contributed by atoms with E-state index in [1.54, 1.807) is 0 Å². The molecule has 0 aliphatic heterocycles. The zero-order valence-corrected chi connectivity index (χ0v) is 5.28. The number of hydrogen-bond donors (Lipinski definition) is 3. The van der Waals surface area contributed by atoms with E-state index < -0.39 is 12.6 Å². The molecule has 4 nitrogen and oxygen atoms in total. The minimum absolute atomic E-state index is 0. The summed E-state index contributed by atoms with van der Waals surface area (Å²) in [6, 6.07) is 0. The summed E-state index contributed by atoms with van der Waals surface area (Å²) in [6.45, 7) is -0.778. The van der Waals surface area contributed by atoms with Gasteiger partial charge in [0.2, 0.25) is 0 Å². The van der Waals surface area contributed by atoms with Gasteiger partial charge in [0, 0.05) is 21.7 Å². The van der Waals surface area contributed by atoms with Crippen molar-refractivity contribution < 1.29 is 36.7 Å². The molecule has 0 bridgehead atoms. The molecular formula is C2H7NO3Ti. The second kappa shape index (κ2) is 9.44. The normalized spacial score (nSPS) is 5.29. The van der Waals surface area contributed by atoms with Gasteiger partial charge in [0.15, 0.2) is 0 Å². The number of aliphatic hydroxyl groups excluding tert-OH is 1. The summed E-state index contributed by atoms with van der Waals surface area (Å²) in [5.41, 5.74) is 0. The molecule has 0 aliphatic rings. The van der Waals surface area contributed by atoms with Crippen LogP contribution in [0, 0.1) is 0 Å². The first-order chi connectivity index (χ1) is 2.27. The quantitative estimate of drug-likeness (QED) is 0.417. The van der Waals surface area contributed by atoms with Gasteiger partial charge >= 0.3 is 5.97 Å². The van der Waals surface area contributed by atoms with Gasteiger partial charge in [-0.1, -0.05) is 0 Å². The molecule has 0 aromatic rings. The maximum Gasteiger partial charge on any atom is 0.329 e. The van der Waals surface area contributed by atoms with Crippen molar-refractivity contribution in [2.24, 2.45) is 0 Å². The third-order valence-electron chi connectivity index (χ3n) is 0.135. The monoisotopic (exact) mass is 141 g/mol. The Labute approximate surface area is 56.0 Å². The number of aliphatic hydroxyl groups is 1. The van der Waals surface area contributed by atoms with Crippen LogP contribution < -0.4 is 6.15 Å². The number of rotatable bonds is 1. The Balaban J connectivity index is -0.0000000800. The van der Waals surface area contributed by atoms with E-state index in [1.807, 2.05) is 0 Å². The van der Waals surface area contributed by atoms with Crippen LogP contribution in [-0.2, 0) is 26.5 Å². The Morgan fingerprint density at radius 3 is 1.71 bits per heavy atom. The summed E-state index contributed by atoms with van der Waals surface area (Å²) >= 11 is 0. The van der Waals surface area contributed by atoms with E-state index in [1.165, 1.54) is 0 Å². The number of aliphatic carboxylic acids is 1. The summed E-state index contributed by atoms with van der Waals surface area (Å²) < 4.78 is 0. The molecule has 0 rings (SSSR count). The van der Waals surface area contributed by atoms with Crippen molar-refractivity contribution in [2.75, 3.05) is 6.61 Å². The SMILES string of the molecule is N.O=C(O)CO.[Ti]. The average molecular weight is 141 g/mol. The second-order valence-corrected chi connectivity index (χ2v) is 0.552. The molecule has 0 radical (unpaired) electrons. The largest absolute Gasteiger partial charge is 0.480 e. The third-order valence-corrected chi connectivity index (χ3v) is 0.135. The fourth-order valence-electron chi connectivity index (χ4n) is 0. The second-order valence-electron chi connectivity index (χ2n) is 0.552. The maximum absolute atomic E-state index is 9.12. The Hall–Kier alpha value is 0.104. The van der Waals surface area contributed by atoms with Crippen molar-refractivity contribution in [1.82, 2.24) is 6.15 Å². The van der Waals surface area contributed by atoms with Crippen molar-refractivity contribution >= 4 is 5.97 Å². The van der Waals surface area contributed by atoms with Crippen LogP contribution in [0.2, 0.25) is 0 Å². The van der Waals surface area contributed by atoms with Crippen molar-refractivity contribution in [1.29, 1.82) is 0 Å². The maximum atomic E-state index is 9.12. The summed E-state index contributed by atoms with van der Waals surface area (Å²) in [6.07, 6.45) is 0. The fraction of sp³-hybridized carbons (Fsp3) is 0.500. The average Bonchev–Trinajstić information content (AvgIpc) is 1.38. The smallest absolute Gasteiger partial charge is 0.329 e. The van der Waals surface area contributed by atoms with Gasteiger partial charge in [0.1, 0.15) is 6.61 Å². The van der Waals surface area contributed by atoms with Crippen molar-refractivity contribution in [2.45, 2.75) is 0 Å². The van der Waals surface area contributed by atoms with Crippen LogP contribution in [0.1, 0.15) is 0 Å². The molecule has 0 aromatic carbocycles. The Bertz CT molecular complexity index is 48.2. The molecule has 0 saturated carbocycles. The number of carboxylic acid groups (broad SMARTS) is 1. The summed E-state index contributed by atoms with van der Waals surface area (Å²) in [5, 5.41) is 15.0. The Morgan fingerprint density at radius 1 is 1.57 bits per heavy atom. The van der Waals surface area contributed by atoms with Crippen molar-refractivity contribution in [3.63, 3.8) is 0 Å². The first-order valence-corrected chi connectivity index (χ1v) is 1.10. The van der Waals surface area contributed by atoms with Gasteiger partial charge in [-0.05, 0) is 0 Å². The molecule has 0 spiro atoms. The van der Waals surface area contributed by atoms with Gasteiger partial charge in [-0.25, -0.2) is 4.79 Å². The van der Waals surface area contributed by atoms with E-state index in [9.17, 15) is 0 Å². The molecule has 5 N–H and O–H groups in total. The van der Waals surface area contributed by atoms with E-state index in [-0.39, 0.29) is 27.9 Å². The first-order valence-electron chi connectivity index (χ1n) is 1.10.